The quantitative estimate of drug-likeness (QED) is 0.607. The zero-order valence-corrected chi connectivity index (χ0v) is 16.6. The third-order valence-electron chi connectivity index (χ3n) is 3.50. The Labute approximate surface area is 162 Å². The number of nitrogens with zero attached hydrogens (tertiary/aromatic N) is 1. The van der Waals surface area contributed by atoms with Gasteiger partial charge in [-0.3, -0.25) is 9.59 Å². The highest BCUT2D eigenvalue weighted by molar-refractivity contribution is 9.11. The number of anilines is 1. The van der Waals surface area contributed by atoms with Gasteiger partial charge in [-0.05, 0) is 63.8 Å². The first-order valence-corrected chi connectivity index (χ1v) is 9.96. The molecule has 4 nitrogen and oxygen atoms in total. The summed E-state index contributed by atoms with van der Waals surface area (Å²) in [6.07, 6.45) is 0. The zero-order valence-electron chi connectivity index (χ0n) is 13.4. The van der Waals surface area contributed by atoms with Crippen LogP contribution in [0.2, 0.25) is 0 Å². The van der Waals surface area contributed by atoms with Gasteiger partial charge < -0.3 is 10.2 Å². The van der Waals surface area contributed by atoms with Gasteiger partial charge in [0, 0.05) is 23.2 Å². The van der Waals surface area contributed by atoms with Gasteiger partial charge in [-0.25, -0.2) is 0 Å². The van der Waals surface area contributed by atoms with Crippen molar-refractivity contribution in [3.05, 3.63) is 73.0 Å². The van der Waals surface area contributed by atoms with Crippen LogP contribution in [0.3, 0.4) is 0 Å². The number of amides is 2. The monoisotopic (exact) mass is 434 g/mol. The summed E-state index contributed by atoms with van der Waals surface area (Å²) in [7, 11) is 1.78. The SMILES string of the molecule is CN(Cc1ccc(Br)s1)C(=O)c1ccc(NC(=O)c2cccs2)cc1. The molecule has 2 amide bonds. The summed E-state index contributed by atoms with van der Waals surface area (Å²) >= 11 is 6.43. The van der Waals surface area contributed by atoms with Crippen molar-refractivity contribution >= 4 is 56.1 Å². The Kier molecular flexibility index (Phi) is 5.67. The molecule has 0 spiro atoms. The maximum atomic E-state index is 12.5. The van der Waals surface area contributed by atoms with Gasteiger partial charge >= 0.3 is 0 Å². The molecule has 128 valence electrons. The van der Waals surface area contributed by atoms with Crippen molar-refractivity contribution in [1.82, 2.24) is 4.90 Å². The fourth-order valence-electron chi connectivity index (χ4n) is 2.26. The first-order chi connectivity index (χ1) is 12.0. The topological polar surface area (TPSA) is 49.4 Å². The van der Waals surface area contributed by atoms with Gasteiger partial charge in [0.1, 0.15) is 0 Å². The molecule has 2 heterocycles. The Balaban J connectivity index is 1.63. The largest absolute Gasteiger partial charge is 0.337 e. The predicted octanol–water partition coefficient (Wildman–Crippen LogP) is 5.10. The van der Waals surface area contributed by atoms with Crippen LogP contribution in [-0.2, 0) is 6.54 Å². The lowest BCUT2D eigenvalue weighted by Crippen LogP contribution is -2.25. The second kappa shape index (κ2) is 7.95. The molecule has 0 saturated carbocycles. The van der Waals surface area contributed by atoms with Crippen LogP contribution in [0.25, 0.3) is 0 Å². The number of hydrogen-bond donors (Lipinski definition) is 1. The second-order valence-corrected chi connectivity index (χ2v) is 8.87. The number of thiophene rings is 2. The lowest BCUT2D eigenvalue weighted by Gasteiger charge is -2.16. The minimum Gasteiger partial charge on any atom is -0.337 e. The van der Waals surface area contributed by atoms with Gasteiger partial charge in [-0.15, -0.1) is 22.7 Å². The number of halogens is 1. The van der Waals surface area contributed by atoms with Gasteiger partial charge in [0.05, 0.1) is 15.2 Å². The number of carbonyl (C=O) groups excluding carboxylic acids is 2. The Bertz CT molecular complexity index is 873. The molecule has 3 rings (SSSR count). The zero-order chi connectivity index (χ0) is 17.8. The molecule has 1 aromatic carbocycles. The van der Waals surface area contributed by atoms with Gasteiger partial charge in [-0.1, -0.05) is 6.07 Å². The molecule has 0 fully saturated rings. The Morgan fingerprint density at radius 1 is 1.12 bits per heavy atom. The summed E-state index contributed by atoms with van der Waals surface area (Å²) in [5.41, 5.74) is 1.26. The van der Waals surface area contributed by atoms with Crippen molar-refractivity contribution in [2.45, 2.75) is 6.54 Å². The average molecular weight is 435 g/mol. The van der Waals surface area contributed by atoms with Crippen molar-refractivity contribution in [3.63, 3.8) is 0 Å². The third kappa shape index (κ3) is 4.56. The van der Waals surface area contributed by atoms with Gasteiger partial charge in [0.25, 0.3) is 11.8 Å². The molecule has 0 aliphatic heterocycles. The molecule has 0 atom stereocenters. The van der Waals surface area contributed by atoms with E-state index in [4.69, 9.17) is 0 Å². The van der Waals surface area contributed by atoms with Crippen LogP contribution in [0.5, 0.6) is 0 Å². The lowest BCUT2D eigenvalue weighted by atomic mass is 10.2. The summed E-state index contributed by atoms with van der Waals surface area (Å²) in [6.45, 7) is 0.561. The Hall–Kier alpha value is -1.96. The van der Waals surface area contributed by atoms with Gasteiger partial charge in [0.2, 0.25) is 0 Å². The smallest absolute Gasteiger partial charge is 0.265 e. The van der Waals surface area contributed by atoms with Crippen LogP contribution < -0.4 is 5.32 Å². The van der Waals surface area contributed by atoms with Crippen LogP contribution in [0.4, 0.5) is 5.69 Å². The first kappa shape index (κ1) is 17.8. The molecule has 7 heteroatoms. The van der Waals surface area contributed by atoms with Gasteiger partial charge in [-0.2, -0.15) is 0 Å². The van der Waals surface area contributed by atoms with E-state index in [2.05, 4.69) is 21.2 Å². The van der Waals surface area contributed by atoms with E-state index in [9.17, 15) is 9.59 Å². The van der Waals surface area contributed by atoms with E-state index in [-0.39, 0.29) is 11.8 Å². The van der Waals surface area contributed by atoms with Crippen LogP contribution in [-0.4, -0.2) is 23.8 Å². The highest BCUT2D eigenvalue weighted by atomic mass is 79.9. The molecule has 0 bridgehead atoms. The summed E-state index contributed by atoms with van der Waals surface area (Å²) in [6, 6.07) is 14.5. The van der Waals surface area contributed by atoms with E-state index in [0.717, 1.165) is 8.66 Å². The fraction of sp³-hybridized carbons (Fsp3) is 0.111. The normalized spacial score (nSPS) is 10.5. The molecule has 0 aliphatic carbocycles. The van der Waals surface area contributed by atoms with Crippen molar-refractivity contribution < 1.29 is 9.59 Å². The van der Waals surface area contributed by atoms with Crippen molar-refractivity contribution in [1.29, 1.82) is 0 Å². The van der Waals surface area contributed by atoms with E-state index in [1.54, 1.807) is 53.6 Å². The number of benzene rings is 1. The standard InChI is InChI=1S/C18H15BrN2O2S2/c1-21(11-14-8-9-16(19)25-14)18(23)12-4-6-13(7-5-12)20-17(22)15-3-2-10-24-15/h2-10H,11H2,1H3,(H,20,22). The van der Waals surface area contributed by atoms with Crippen LogP contribution >= 0.6 is 38.6 Å². The molecular formula is C18H15BrN2O2S2. The molecule has 25 heavy (non-hydrogen) atoms. The Morgan fingerprint density at radius 2 is 1.88 bits per heavy atom. The average Bonchev–Trinajstić information content (AvgIpc) is 3.27. The van der Waals surface area contributed by atoms with Crippen molar-refractivity contribution in [2.24, 2.45) is 0 Å². The van der Waals surface area contributed by atoms with E-state index < -0.39 is 0 Å². The highest BCUT2D eigenvalue weighted by Crippen LogP contribution is 2.23. The molecule has 0 radical (unpaired) electrons. The molecule has 0 unspecified atom stereocenters. The molecule has 2 aromatic heterocycles. The van der Waals surface area contributed by atoms with Crippen molar-refractivity contribution in [2.75, 3.05) is 12.4 Å². The number of carbonyl (C=O) groups is 2. The Morgan fingerprint density at radius 3 is 2.48 bits per heavy atom. The highest BCUT2D eigenvalue weighted by Gasteiger charge is 2.13. The number of nitrogens with one attached hydrogen (secondary N) is 1. The molecular weight excluding hydrogens is 420 g/mol. The van der Waals surface area contributed by atoms with Crippen LogP contribution in [0, 0.1) is 0 Å². The number of rotatable bonds is 5. The minimum absolute atomic E-state index is 0.0549. The van der Waals surface area contributed by atoms with Crippen LogP contribution in [0.1, 0.15) is 24.9 Å². The molecule has 0 aliphatic rings. The van der Waals surface area contributed by atoms with E-state index >= 15 is 0 Å². The predicted molar refractivity (Wildman–Crippen MR) is 107 cm³/mol. The third-order valence-corrected chi connectivity index (χ3v) is 5.98. The van der Waals surface area contributed by atoms with E-state index in [0.29, 0.717) is 22.7 Å². The second-order valence-electron chi connectivity index (χ2n) is 5.38. The summed E-state index contributed by atoms with van der Waals surface area (Å²) in [5, 5.41) is 4.69. The van der Waals surface area contributed by atoms with E-state index in [1.807, 2.05) is 23.6 Å². The molecule has 1 N–H and O–H groups in total. The first-order valence-electron chi connectivity index (χ1n) is 7.47. The van der Waals surface area contributed by atoms with Crippen molar-refractivity contribution in [3.8, 4) is 0 Å². The summed E-state index contributed by atoms with van der Waals surface area (Å²) < 4.78 is 1.05. The fourth-order valence-corrected chi connectivity index (χ4v) is 4.41. The maximum Gasteiger partial charge on any atom is 0.265 e. The molecule has 3 aromatic rings. The van der Waals surface area contributed by atoms with E-state index in [1.165, 1.54) is 11.3 Å². The summed E-state index contributed by atoms with van der Waals surface area (Å²) in [5.74, 6) is -0.199. The minimum atomic E-state index is -0.144. The maximum absolute atomic E-state index is 12.5. The van der Waals surface area contributed by atoms with Gasteiger partial charge in [0.15, 0.2) is 0 Å². The van der Waals surface area contributed by atoms with Crippen LogP contribution in [0.15, 0.2) is 57.7 Å². The summed E-state index contributed by atoms with van der Waals surface area (Å²) in [4.78, 5) is 28.0. The molecule has 0 saturated heterocycles. The lowest BCUT2D eigenvalue weighted by molar-refractivity contribution is 0.0786. The number of hydrogen-bond acceptors (Lipinski definition) is 4.